The van der Waals surface area contributed by atoms with Crippen LogP contribution in [0.4, 0.5) is 17.1 Å². The third-order valence-corrected chi connectivity index (χ3v) is 7.79. The minimum Gasteiger partial charge on any atom is -0.455 e. The molecule has 0 unspecified atom stereocenters. The van der Waals surface area contributed by atoms with Gasteiger partial charge < -0.3 is 9.32 Å². The van der Waals surface area contributed by atoms with Crippen LogP contribution in [0.2, 0.25) is 0 Å². The molecule has 0 bridgehead atoms. The van der Waals surface area contributed by atoms with E-state index in [1.54, 1.807) is 0 Å². The van der Waals surface area contributed by atoms with Crippen molar-refractivity contribution < 1.29 is 4.42 Å². The van der Waals surface area contributed by atoms with Gasteiger partial charge in [0.25, 0.3) is 0 Å². The molecular formula is C38H25NO. The van der Waals surface area contributed by atoms with Gasteiger partial charge in [-0.25, -0.2) is 0 Å². The summed E-state index contributed by atoms with van der Waals surface area (Å²) in [6.45, 7) is 0. The van der Waals surface area contributed by atoms with Crippen LogP contribution in [-0.2, 0) is 0 Å². The van der Waals surface area contributed by atoms with Crippen LogP contribution < -0.4 is 4.90 Å². The number of anilines is 3. The maximum absolute atomic E-state index is 6.79. The molecule has 40 heavy (non-hydrogen) atoms. The molecule has 0 aliphatic heterocycles. The van der Waals surface area contributed by atoms with E-state index in [4.69, 9.17) is 4.42 Å². The van der Waals surface area contributed by atoms with Crippen molar-refractivity contribution in [3.63, 3.8) is 0 Å². The van der Waals surface area contributed by atoms with Crippen LogP contribution in [0.15, 0.2) is 156 Å². The molecule has 1 aromatic heterocycles. The van der Waals surface area contributed by atoms with E-state index in [1.807, 2.05) is 12.1 Å². The van der Waals surface area contributed by atoms with E-state index in [9.17, 15) is 0 Å². The minimum atomic E-state index is 0.877. The van der Waals surface area contributed by atoms with Crippen molar-refractivity contribution in [1.29, 1.82) is 0 Å². The molecule has 0 radical (unpaired) electrons. The van der Waals surface area contributed by atoms with E-state index < -0.39 is 0 Å². The Morgan fingerprint density at radius 3 is 1.80 bits per heavy atom. The van der Waals surface area contributed by atoms with Gasteiger partial charge in [0.1, 0.15) is 11.2 Å². The molecule has 0 aliphatic carbocycles. The number of rotatable bonds is 4. The molecule has 0 saturated heterocycles. The van der Waals surface area contributed by atoms with Gasteiger partial charge in [0.05, 0.1) is 0 Å². The lowest BCUT2D eigenvalue weighted by molar-refractivity contribution is 0.670. The average Bonchev–Trinajstić information content (AvgIpc) is 3.38. The maximum Gasteiger partial charge on any atom is 0.143 e. The van der Waals surface area contributed by atoms with Crippen molar-refractivity contribution in [2.75, 3.05) is 4.90 Å². The number of furan rings is 1. The lowest BCUT2D eigenvalue weighted by atomic mass is 9.94. The summed E-state index contributed by atoms with van der Waals surface area (Å²) in [6, 6.07) is 53.6. The summed E-state index contributed by atoms with van der Waals surface area (Å²) in [5.41, 5.74) is 7.36. The Bertz CT molecular complexity index is 2120. The van der Waals surface area contributed by atoms with Gasteiger partial charge in [0, 0.05) is 39.5 Å². The van der Waals surface area contributed by atoms with Crippen LogP contribution in [0, 0.1) is 0 Å². The van der Waals surface area contributed by atoms with Crippen LogP contribution in [0.5, 0.6) is 0 Å². The Balaban J connectivity index is 1.39. The Morgan fingerprint density at radius 2 is 1.05 bits per heavy atom. The molecule has 8 rings (SSSR count). The minimum absolute atomic E-state index is 0.877. The Kier molecular flexibility index (Phi) is 5.17. The van der Waals surface area contributed by atoms with E-state index in [2.05, 4.69) is 144 Å². The van der Waals surface area contributed by atoms with Crippen molar-refractivity contribution >= 4 is 60.5 Å². The summed E-state index contributed by atoms with van der Waals surface area (Å²) in [4.78, 5) is 2.27. The molecule has 0 saturated carbocycles. The number of nitrogens with zero attached hydrogens (tertiary/aromatic N) is 1. The zero-order chi connectivity index (χ0) is 26.5. The fourth-order valence-corrected chi connectivity index (χ4v) is 5.93. The number of hydrogen-bond donors (Lipinski definition) is 0. The summed E-state index contributed by atoms with van der Waals surface area (Å²) < 4.78 is 6.79. The molecule has 2 heteroatoms. The first-order chi connectivity index (χ1) is 19.8. The maximum atomic E-state index is 6.79. The highest BCUT2D eigenvalue weighted by Crippen LogP contribution is 2.43. The number of hydrogen-bond acceptors (Lipinski definition) is 2. The molecule has 188 valence electrons. The SMILES string of the molecule is c1ccc(N(c2ccccc2)c2ccc3c(c2)oc2c(-c4ccc5ccccc5c4)c4ccccc4cc23)cc1. The lowest BCUT2D eigenvalue weighted by Gasteiger charge is -2.25. The fourth-order valence-electron chi connectivity index (χ4n) is 5.93. The van der Waals surface area contributed by atoms with Crippen molar-refractivity contribution in [3.05, 3.63) is 152 Å². The largest absolute Gasteiger partial charge is 0.455 e. The summed E-state index contributed by atoms with van der Waals surface area (Å²) >= 11 is 0. The highest BCUT2D eigenvalue weighted by molar-refractivity contribution is 6.19. The molecule has 0 fully saturated rings. The number of benzene rings is 7. The monoisotopic (exact) mass is 511 g/mol. The van der Waals surface area contributed by atoms with E-state index >= 15 is 0 Å². The van der Waals surface area contributed by atoms with Crippen molar-refractivity contribution in [2.45, 2.75) is 0 Å². The summed E-state index contributed by atoms with van der Waals surface area (Å²) in [7, 11) is 0. The van der Waals surface area contributed by atoms with Crippen molar-refractivity contribution in [2.24, 2.45) is 0 Å². The summed E-state index contributed by atoms with van der Waals surface area (Å²) in [5, 5.41) is 7.11. The predicted molar refractivity (Wildman–Crippen MR) is 169 cm³/mol. The van der Waals surface area contributed by atoms with E-state index in [0.717, 1.165) is 50.1 Å². The highest BCUT2D eigenvalue weighted by Gasteiger charge is 2.19. The van der Waals surface area contributed by atoms with Gasteiger partial charge in [0.15, 0.2) is 0 Å². The molecule has 8 aromatic rings. The normalized spacial score (nSPS) is 11.5. The Labute approximate surface area is 232 Å². The number of fused-ring (bicyclic) bond motifs is 5. The molecule has 1 heterocycles. The molecule has 0 spiro atoms. The number of para-hydroxylation sites is 2. The quantitative estimate of drug-likeness (QED) is 0.234. The van der Waals surface area contributed by atoms with Gasteiger partial charge in [-0.1, -0.05) is 97.1 Å². The molecular weight excluding hydrogens is 486 g/mol. The second-order valence-electron chi connectivity index (χ2n) is 10.2. The third-order valence-electron chi connectivity index (χ3n) is 7.79. The average molecular weight is 512 g/mol. The first kappa shape index (κ1) is 22.6. The fraction of sp³-hybridized carbons (Fsp3) is 0. The smallest absolute Gasteiger partial charge is 0.143 e. The topological polar surface area (TPSA) is 16.4 Å². The van der Waals surface area contributed by atoms with Gasteiger partial charge >= 0.3 is 0 Å². The van der Waals surface area contributed by atoms with Gasteiger partial charge in [0.2, 0.25) is 0 Å². The molecule has 0 atom stereocenters. The van der Waals surface area contributed by atoms with Gasteiger partial charge in [-0.15, -0.1) is 0 Å². The Hall–Kier alpha value is -5.34. The standard InChI is InChI=1S/C38H25NO/c1-3-14-30(15-4-1)39(31-16-5-2-6-17-31)32-21-22-34-35-24-28-13-9-10-18-33(28)37(38(35)40-36(34)25-32)29-20-19-26-11-7-8-12-27(26)23-29/h1-25H. The van der Waals surface area contributed by atoms with E-state index in [1.165, 1.54) is 21.5 Å². The zero-order valence-corrected chi connectivity index (χ0v) is 21.8. The first-order valence-electron chi connectivity index (χ1n) is 13.6. The van der Waals surface area contributed by atoms with Crippen molar-refractivity contribution in [1.82, 2.24) is 0 Å². The Morgan fingerprint density at radius 1 is 0.400 bits per heavy atom. The lowest BCUT2D eigenvalue weighted by Crippen LogP contribution is -2.09. The van der Waals surface area contributed by atoms with Crippen molar-refractivity contribution in [3.8, 4) is 11.1 Å². The van der Waals surface area contributed by atoms with Crippen LogP contribution in [-0.4, -0.2) is 0 Å². The van der Waals surface area contributed by atoms with Crippen LogP contribution in [0.25, 0.3) is 54.6 Å². The van der Waals surface area contributed by atoms with Gasteiger partial charge in [-0.05, 0) is 75.6 Å². The molecule has 0 N–H and O–H groups in total. The first-order valence-corrected chi connectivity index (χ1v) is 13.6. The second kappa shape index (κ2) is 9.14. The van der Waals surface area contributed by atoms with Gasteiger partial charge in [-0.3, -0.25) is 0 Å². The third kappa shape index (κ3) is 3.65. The van der Waals surface area contributed by atoms with Crippen LogP contribution in [0.3, 0.4) is 0 Å². The highest BCUT2D eigenvalue weighted by atomic mass is 16.3. The molecule has 0 amide bonds. The van der Waals surface area contributed by atoms with Crippen LogP contribution >= 0.6 is 0 Å². The zero-order valence-electron chi connectivity index (χ0n) is 21.8. The predicted octanol–water partition coefficient (Wildman–Crippen LogP) is 11.0. The van der Waals surface area contributed by atoms with Gasteiger partial charge in [-0.2, -0.15) is 0 Å². The molecule has 2 nitrogen and oxygen atoms in total. The molecule has 0 aliphatic rings. The second-order valence-corrected chi connectivity index (χ2v) is 10.2. The van der Waals surface area contributed by atoms with E-state index in [0.29, 0.717) is 0 Å². The molecule has 7 aromatic carbocycles. The summed E-state index contributed by atoms with van der Waals surface area (Å²) in [5.74, 6) is 0. The summed E-state index contributed by atoms with van der Waals surface area (Å²) in [6.07, 6.45) is 0. The van der Waals surface area contributed by atoms with E-state index in [-0.39, 0.29) is 0 Å². The van der Waals surface area contributed by atoms with Crippen LogP contribution in [0.1, 0.15) is 0 Å².